The van der Waals surface area contributed by atoms with E-state index in [1.807, 2.05) is 42.0 Å². The number of nitrogens with zero attached hydrogens (tertiary/aromatic N) is 3. The minimum atomic E-state index is -3.63. The molecule has 1 heterocycles. The summed E-state index contributed by atoms with van der Waals surface area (Å²) in [6.45, 7) is 2.37. The van der Waals surface area contributed by atoms with Gasteiger partial charge in [0, 0.05) is 24.6 Å². The normalized spacial score (nSPS) is 11.1. The van der Waals surface area contributed by atoms with Gasteiger partial charge in [0.1, 0.15) is 12.3 Å². The van der Waals surface area contributed by atoms with Crippen molar-refractivity contribution >= 4 is 21.6 Å². The molecule has 1 amide bonds. The van der Waals surface area contributed by atoms with Crippen molar-refractivity contribution in [3.63, 3.8) is 0 Å². The highest BCUT2D eigenvalue weighted by Crippen LogP contribution is 2.21. The van der Waals surface area contributed by atoms with Gasteiger partial charge in [-0.25, -0.2) is 13.4 Å². The zero-order chi connectivity index (χ0) is 21.6. The van der Waals surface area contributed by atoms with Crippen molar-refractivity contribution in [1.29, 1.82) is 0 Å². The van der Waals surface area contributed by atoms with Crippen LogP contribution in [0.2, 0.25) is 0 Å². The summed E-state index contributed by atoms with van der Waals surface area (Å²) in [7, 11) is -3.63. The minimum absolute atomic E-state index is 0.296. The Morgan fingerprint density at radius 2 is 1.83 bits per heavy atom. The van der Waals surface area contributed by atoms with Crippen molar-refractivity contribution in [2.45, 2.75) is 13.5 Å². The van der Waals surface area contributed by atoms with Crippen LogP contribution in [0.15, 0.2) is 67.3 Å². The molecule has 0 unspecified atom stereocenters. The number of imidazole rings is 1. The summed E-state index contributed by atoms with van der Waals surface area (Å²) in [6, 6.07) is 14.2. The van der Waals surface area contributed by atoms with Crippen LogP contribution in [0.5, 0.6) is 5.75 Å². The van der Waals surface area contributed by atoms with Gasteiger partial charge in [-0.15, -0.1) is 0 Å². The molecule has 158 valence electrons. The molecule has 0 bridgehead atoms. The molecule has 0 fully saturated rings. The molecule has 0 radical (unpaired) electrons. The third-order valence-electron chi connectivity index (χ3n) is 4.35. The van der Waals surface area contributed by atoms with Gasteiger partial charge in [0.25, 0.3) is 0 Å². The molecule has 3 aromatic rings. The lowest BCUT2D eigenvalue weighted by molar-refractivity contribution is -0.119. The van der Waals surface area contributed by atoms with Gasteiger partial charge in [0.05, 0.1) is 24.9 Å². The van der Waals surface area contributed by atoms with Gasteiger partial charge in [0.2, 0.25) is 15.9 Å². The Labute approximate surface area is 176 Å². The lowest BCUT2D eigenvalue weighted by atomic mass is 10.2. The Morgan fingerprint density at radius 1 is 1.13 bits per heavy atom. The van der Waals surface area contributed by atoms with Crippen molar-refractivity contribution in [3.8, 4) is 11.4 Å². The lowest BCUT2D eigenvalue weighted by Crippen LogP contribution is -2.40. The highest BCUT2D eigenvalue weighted by molar-refractivity contribution is 7.92. The molecular formula is C21H24N4O4S. The maximum atomic E-state index is 12.4. The number of nitrogens with one attached hydrogen (secondary N) is 1. The first-order valence-electron chi connectivity index (χ1n) is 9.41. The third kappa shape index (κ3) is 5.60. The summed E-state index contributed by atoms with van der Waals surface area (Å²) in [4.78, 5) is 16.4. The number of aromatic nitrogens is 2. The van der Waals surface area contributed by atoms with E-state index in [9.17, 15) is 13.2 Å². The predicted molar refractivity (Wildman–Crippen MR) is 115 cm³/mol. The number of carbonyl (C=O) groups is 1. The summed E-state index contributed by atoms with van der Waals surface area (Å²) in [5.74, 6) is 0.242. The first-order chi connectivity index (χ1) is 14.4. The Hall–Kier alpha value is -3.33. The van der Waals surface area contributed by atoms with E-state index in [0.717, 1.165) is 21.8 Å². The molecule has 0 aliphatic carbocycles. The second kappa shape index (κ2) is 9.45. The van der Waals surface area contributed by atoms with E-state index in [1.54, 1.807) is 36.8 Å². The van der Waals surface area contributed by atoms with Crippen LogP contribution in [0.25, 0.3) is 5.69 Å². The smallest absolute Gasteiger partial charge is 0.241 e. The van der Waals surface area contributed by atoms with Crippen LogP contribution >= 0.6 is 0 Å². The number of hydrogen-bond acceptors (Lipinski definition) is 5. The lowest BCUT2D eigenvalue weighted by Gasteiger charge is -2.22. The summed E-state index contributed by atoms with van der Waals surface area (Å²) in [6.07, 6.45) is 6.33. The summed E-state index contributed by atoms with van der Waals surface area (Å²) >= 11 is 0. The van der Waals surface area contributed by atoms with Crippen LogP contribution in [-0.2, 0) is 21.4 Å². The van der Waals surface area contributed by atoms with Gasteiger partial charge in [-0.2, -0.15) is 0 Å². The molecule has 1 N–H and O–H groups in total. The maximum Gasteiger partial charge on any atom is 0.241 e. The number of hydrogen-bond donors (Lipinski definition) is 1. The van der Waals surface area contributed by atoms with Crippen LogP contribution in [0.1, 0.15) is 12.5 Å². The van der Waals surface area contributed by atoms with E-state index in [1.165, 1.54) is 0 Å². The molecule has 30 heavy (non-hydrogen) atoms. The van der Waals surface area contributed by atoms with Crippen molar-refractivity contribution in [2.24, 2.45) is 0 Å². The molecule has 0 aliphatic heterocycles. The first kappa shape index (κ1) is 21.4. The third-order valence-corrected chi connectivity index (χ3v) is 5.49. The van der Waals surface area contributed by atoms with E-state index in [4.69, 9.17) is 4.74 Å². The summed E-state index contributed by atoms with van der Waals surface area (Å²) in [5.41, 5.74) is 2.27. The molecule has 3 rings (SSSR count). The van der Waals surface area contributed by atoms with Crippen LogP contribution < -0.4 is 14.4 Å². The molecule has 0 aliphatic rings. The van der Waals surface area contributed by atoms with E-state index < -0.39 is 15.9 Å². The fraction of sp³-hybridized carbons (Fsp3) is 0.238. The molecule has 0 atom stereocenters. The number of sulfonamides is 1. The van der Waals surface area contributed by atoms with Crippen molar-refractivity contribution in [3.05, 3.63) is 72.8 Å². The monoisotopic (exact) mass is 428 g/mol. The topological polar surface area (TPSA) is 93.5 Å². The van der Waals surface area contributed by atoms with Crippen molar-refractivity contribution in [2.75, 3.05) is 23.7 Å². The van der Waals surface area contributed by atoms with Crippen molar-refractivity contribution in [1.82, 2.24) is 14.9 Å². The molecular weight excluding hydrogens is 404 g/mol. The van der Waals surface area contributed by atoms with Gasteiger partial charge in [-0.3, -0.25) is 9.10 Å². The molecule has 2 aromatic carbocycles. The quantitative estimate of drug-likeness (QED) is 0.565. The minimum Gasteiger partial charge on any atom is -0.494 e. The SMILES string of the molecule is CCOc1ccc(N(CC(=O)NCc2ccc(-n3ccnc3)cc2)S(C)(=O)=O)cc1. The van der Waals surface area contributed by atoms with Crippen LogP contribution in [0, 0.1) is 0 Å². The number of ether oxygens (including phenoxy) is 1. The number of benzene rings is 2. The van der Waals surface area contributed by atoms with E-state index in [-0.39, 0.29) is 6.54 Å². The molecule has 8 nitrogen and oxygen atoms in total. The fourth-order valence-corrected chi connectivity index (χ4v) is 3.72. The second-order valence-electron chi connectivity index (χ2n) is 6.61. The fourth-order valence-electron chi connectivity index (χ4n) is 2.86. The van der Waals surface area contributed by atoms with E-state index in [2.05, 4.69) is 10.3 Å². The van der Waals surface area contributed by atoms with Gasteiger partial charge < -0.3 is 14.6 Å². The Balaban J connectivity index is 1.62. The Kier molecular flexibility index (Phi) is 6.73. The summed E-state index contributed by atoms with van der Waals surface area (Å²) in [5, 5.41) is 2.77. The number of carbonyl (C=O) groups excluding carboxylic acids is 1. The van der Waals surface area contributed by atoms with E-state index >= 15 is 0 Å². The highest BCUT2D eigenvalue weighted by Gasteiger charge is 2.20. The molecule has 1 aromatic heterocycles. The van der Waals surface area contributed by atoms with Crippen LogP contribution in [-0.4, -0.2) is 43.3 Å². The highest BCUT2D eigenvalue weighted by atomic mass is 32.2. The zero-order valence-electron chi connectivity index (χ0n) is 16.9. The van der Waals surface area contributed by atoms with Gasteiger partial charge in [0.15, 0.2) is 0 Å². The standard InChI is InChI=1S/C21H24N4O4S/c1-3-29-20-10-8-19(9-11-20)25(30(2,27)28)15-21(26)23-14-17-4-6-18(7-5-17)24-13-12-22-16-24/h4-13,16H,3,14-15H2,1-2H3,(H,23,26). The first-order valence-corrected chi connectivity index (χ1v) is 11.3. The number of anilines is 1. The molecule has 0 saturated heterocycles. The molecule has 0 saturated carbocycles. The zero-order valence-corrected chi connectivity index (χ0v) is 17.7. The second-order valence-corrected chi connectivity index (χ2v) is 8.52. The average Bonchev–Trinajstić information content (AvgIpc) is 3.26. The largest absolute Gasteiger partial charge is 0.494 e. The Morgan fingerprint density at radius 3 is 2.40 bits per heavy atom. The predicted octanol–water partition coefficient (Wildman–Crippen LogP) is 2.35. The number of amides is 1. The summed E-state index contributed by atoms with van der Waals surface area (Å²) < 4.78 is 32.7. The Bertz CT molecular complexity index is 1060. The van der Waals surface area contributed by atoms with Gasteiger partial charge in [-0.05, 0) is 48.9 Å². The molecule has 0 spiro atoms. The van der Waals surface area contributed by atoms with Crippen molar-refractivity contribution < 1.29 is 17.9 Å². The molecule has 9 heteroatoms. The van der Waals surface area contributed by atoms with E-state index in [0.29, 0.717) is 24.6 Å². The number of rotatable bonds is 9. The maximum absolute atomic E-state index is 12.4. The van der Waals surface area contributed by atoms with Crippen LogP contribution in [0.4, 0.5) is 5.69 Å². The van der Waals surface area contributed by atoms with Gasteiger partial charge in [-0.1, -0.05) is 12.1 Å². The average molecular weight is 429 g/mol. The van der Waals surface area contributed by atoms with Crippen LogP contribution in [0.3, 0.4) is 0 Å². The van der Waals surface area contributed by atoms with Gasteiger partial charge >= 0.3 is 0 Å².